The molecule has 5 heteroatoms. The summed E-state index contributed by atoms with van der Waals surface area (Å²) in [6.45, 7) is 0. The van der Waals surface area contributed by atoms with E-state index in [-0.39, 0.29) is 5.56 Å². The number of thiophene rings is 1. The topological polar surface area (TPSA) is 37.3 Å². The van der Waals surface area contributed by atoms with Crippen molar-refractivity contribution in [2.24, 2.45) is 0 Å². The third kappa shape index (κ3) is 2.09. The minimum absolute atomic E-state index is 0.0606. The van der Waals surface area contributed by atoms with Gasteiger partial charge in [0.15, 0.2) is 0 Å². The normalized spacial score (nSPS) is 15.9. The van der Waals surface area contributed by atoms with Crippen LogP contribution in [0.1, 0.15) is 35.3 Å². The van der Waals surface area contributed by atoms with Crippen molar-refractivity contribution in [3.8, 4) is 0 Å². The summed E-state index contributed by atoms with van der Waals surface area (Å²) in [4.78, 5) is 11.4. The van der Waals surface area contributed by atoms with Gasteiger partial charge in [-0.05, 0) is 31.2 Å². The predicted octanol–water partition coefficient (Wildman–Crippen LogP) is 3.19. The third-order valence-corrected chi connectivity index (χ3v) is 3.92. The molecule has 0 saturated heterocycles. The van der Waals surface area contributed by atoms with Gasteiger partial charge in [0.1, 0.15) is 6.42 Å². The molecule has 2 rings (SSSR count). The molecule has 0 aromatic carbocycles. The van der Waals surface area contributed by atoms with Crippen LogP contribution in [-0.4, -0.2) is 11.1 Å². The Morgan fingerprint density at radius 3 is 2.81 bits per heavy atom. The molecular weight excluding hydrogens is 234 g/mol. The fraction of sp³-hybridized carbons (Fsp3) is 0.545. The van der Waals surface area contributed by atoms with E-state index in [2.05, 4.69) is 0 Å². The maximum Gasteiger partial charge on any atom is 0.309 e. The summed E-state index contributed by atoms with van der Waals surface area (Å²) in [6.07, 6.45) is 2.35. The molecule has 0 atom stereocenters. The molecule has 1 aliphatic carbocycles. The highest BCUT2D eigenvalue weighted by atomic mass is 32.1. The van der Waals surface area contributed by atoms with E-state index in [1.54, 1.807) is 0 Å². The number of alkyl halides is 2. The summed E-state index contributed by atoms with van der Waals surface area (Å²) in [7, 11) is 0. The van der Waals surface area contributed by atoms with E-state index in [4.69, 9.17) is 5.11 Å². The van der Waals surface area contributed by atoms with Crippen molar-refractivity contribution in [3.63, 3.8) is 0 Å². The Labute approximate surface area is 95.9 Å². The summed E-state index contributed by atoms with van der Waals surface area (Å²) in [6, 6.07) is 0. The van der Waals surface area contributed by atoms with Crippen LogP contribution >= 0.6 is 11.3 Å². The van der Waals surface area contributed by atoms with Crippen molar-refractivity contribution in [1.29, 1.82) is 0 Å². The van der Waals surface area contributed by atoms with Gasteiger partial charge in [0.05, 0.1) is 0 Å². The molecule has 0 spiro atoms. The molecule has 1 aliphatic rings. The van der Waals surface area contributed by atoms with Crippen molar-refractivity contribution in [2.75, 3.05) is 0 Å². The second kappa shape index (κ2) is 4.13. The number of carboxylic acid groups (broad SMARTS) is 1. The molecular formula is C11H12F2O2S. The predicted molar refractivity (Wildman–Crippen MR) is 57.1 cm³/mol. The Balaban J connectivity index is 2.32. The highest BCUT2D eigenvalue weighted by Gasteiger charge is 2.38. The summed E-state index contributed by atoms with van der Waals surface area (Å²) < 4.78 is 27.3. The number of aliphatic carboxylic acids is 1. The Bertz CT molecular complexity index is 412. The Morgan fingerprint density at radius 2 is 2.12 bits per heavy atom. The number of hydrogen-bond acceptors (Lipinski definition) is 2. The fourth-order valence-corrected chi connectivity index (χ4v) is 3.28. The summed E-state index contributed by atoms with van der Waals surface area (Å²) in [5.41, 5.74) is 0.636. The summed E-state index contributed by atoms with van der Waals surface area (Å²) in [5, 5.41) is 9.90. The first-order valence-electron chi connectivity index (χ1n) is 5.20. The van der Waals surface area contributed by atoms with Crippen molar-refractivity contribution in [1.82, 2.24) is 0 Å². The van der Waals surface area contributed by atoms with Crippen molar-refractivity contribution in [2.45, 2.75) is 38.0 Å². The van der Waals surface area contributed by atoms with Crippen LogP contribution in [-0.2, 0) is 23.6 Å². The second-order valence-corrected chi connectivity index (χ2v) is 5.00. The zero-order chi connectivity index (χ0) is 11.8. The lowest BCUT2D eigenvalue weighted by atomic mass is 9.92. The molecule has 16 heavy (non-hydrogen) atoms. The van der Waals surface area contributed by atoms with E-state index in [9.17, 15) is 13.6 Å². The monoisotopic (exact) mass is 246 g/mol. The largest absolute Gasteiger partial charge is 0.481 e. The van der Waals surface area contributed by atoms with Gasteiger partial charge in [-0.3, -0.25) is 4.79 Å². The fourth-order valence-electron chi connectivity index (χ4n) is 2.09. The van der Waals surface area contributed by atoms with Crippen molar-refractivity contribution < 1.29 is 18.7 Å². The number of carbonyl (C=O) groups is 1. The van der Waals surface area contributed by atoms with E-state index < -0.39 is 18.3 Å². The molecule has 1 heterocycles. The molecule has 2 nitrogen and oxygen atoms in total. The average molecular weight is 246 g/mol. The van der Waals surface area contributed by atoms with Crippen LogP contribution in [0.15, 0.2) is 5.38 Å². The lowest BCUT2D eigenvalue weighted by molar-refractivity contribution is -0.145. The minimum Gasteiger partial charge on any atom is -0.481 e. The van der Waals surface area contributed by atoms with Crippen molar-refractivity contribution >= 4 is 17.3 Å². The molecule has 0 fully saturated rings. The maximum absolute atomic E-state index is 13.7. The maximum atomic E-state index is 13.7. The molecule has 1 N–H and O–H groups in total. The average Bonchev–Trinajstić information content (AvgIpc) is 2.59. The van der Waals surface area contributed by atoms with E-state index in [1.807, 2.05) is 0 Å². The van der Waals surface area contributed by atoms with Crippen LogP contribution in [0.2, 0.25) is 0 Å². The molecule has 0 bridgehead atoms. The second-order valence-electron chi connectivity index (χ2n) is 4.03. The number of rotatable bonds is 3. The molecule has 0 radical (unpaired) electrons. The van der Waals surface area contributed by atoms with Gasteiger partial charge in [0, 0.05) is 15.8 Å². The Hall–Kier alpha value is -0.970. The van der Waals surface area contributed by atoms with Gasteiger partial charge in [0.2, 0.25) is 0 Å². The third-order valence-electron chi connectivity index (χ3n) is 2.83. The number of fused-ring (bicyclic) bond motifs is 1. The summed E-state index contributed by atoms with van der Waals surface area (Å²) >= 11 is 1.33. The van der Waals surface area contributed by atoms with Gasteiger partial charge in [-0.1, -0.05) is 0 Å². The highest BCUT2D eigenvalue weighted by Crippen LogP contribution is 2.40. The lowest BCUT2D eigenvalue weighted by Crippen LogP contribution is -2.20. The van der Waals surface area contributed by atoms with Gasteiger partial charge in [0.25, 0.3) is 5.92 Å². The number of halogens is 2. The Morgan fingerprint density at radius 1 is 1.44 bits per heavy atom. The van der Waals surface area contributed by atoms with Gasteiger partial charge >= 0.3 is 5.97 Å². The standard InChI is InChI=1S/C11H12F2O2S/c12-11(13,5-10(14)15)8-6-16-9-4-2-1-3-7(8)9/h6H,1-5H2,(H,14,15). The van der Waals surface area contributed by atoms with Crippen LogP contribution in [0, 0.1) is 0 Å². The highest BCUT2D eigenvalue weighted by molar-refractivity contribution is 7.10. The van der Waals surface area contributed by atoms with Gasteiger partial charge < -0.3 is 5.11 Å². The van der Waals surface area contributed by atoms with E-state index in [0.717, 1.165) is 24.1 Å². The molecule has 0 aliphatic heterocycles. The van der Waals surface area contributed by atoms with Gasteiger partial charge in [-0.15, -0.1) is 11.3 Å². The summed E-state index contributed by atoms with van der Waals surface area (Å²) in [5.74, 6) is -4.69. The van der Waals surface area contributed by atoms with Gasteiger partial charge in [-0.25, -0.2) is 8.78 Å². The smallest absolute Gasteiger partial charge is 0.309 e. The first-order valence-corrected chi connectivity index (χ1v) is 6.08. The number of carboxylic acids is 1. The molecule has 88 valence electrons. The SMILES string of the molecule is O=C(O)CC(F)(F)c1csc2c1CCCC2. The minimum atomic E-state index is -3.23. The number of aryl methyl sites for hydroxylation is 1. The van der Waals surface area contributed by atoms with E-state index in [1.165, 1.54) is 16.7 Å². The lowest BCUT2D eigenvalue weighted by Gasteiger charge is -2.18. The van der Waals surface area contributed by atoms with Crippen LogP contribution < -0.4 is 0 Å². The van der Waals surface area contributed by atoms with Crippen LogP contribution in [0.4, 0.5) is 8.78 Å². The molecule has 0 amide bonds. The van der Waals surface area contributed by atoms with E-state index >= 15 is 0 Å². The quantitative estimate of drug-likeness (QED) is 0.889. The first-order chi connectivity index (χ1) is 7.50. The van der Waals surface area contributed by atoms with Crippen LogP contribution in [0.25, 0.3) is 0 Å². The molecule has 0 unspecified atom stereocenters. The zero-order valence-corrected chi connectivity index (χ0v) is 9.45. The Kier molecular flexibility index (Phi) is 2.97. The first kappa shape index (κ1) is 11.5. The molecule has 1 aromatic heterocycles. The van der Waals surface area contributed by atoms with Gasteiger partial charge in [-0.2, -0.15) is 0 Å². The zero-order valence-electron chi connectivity index (χ0n) is 8.63. The van der Waals surface area contributed by atoms with E-state index in [0.29, 0.717) is 12.0 Å². The van der Waals surface area contributed by atoms with Crippen LogP contribution in [0.5, 0.6) is 0 Å². The molecule has 0 saturated carbocycles. The number of hydrogen-bond donors (Lipinski definition) is 1. The molecule has 1 aromatic rings. The van der Waals surface area contributed by atoms with Crippen LogP contribution in [0.3, 0.4) is 0 Å². The van der Waals surface area contributed by atoms with Crippen molar-refractivity contribution in [3.05, 3.63) is 21.4 Å².